The van der Waals surface area contributed by atoms with E-state index in [1.54, 1.807) is 36.7 Å². The molecule has 2 aromatic heterocycles. The van der Waals surface area contributed by atoms with E-state index < -0.39 is 20.8 Å². The smallest absolute Gasteiger partial charge is 0.394 e. The summed E-state index contributed by atoms with van der Waals surface area (Å²) in [6, 6.07) is 18.3. The lowest BCUT2D eigenvalue weighted by Crippen LogP contribution is -1.89. The van der Waals surface area contributed by atoms with Crippen LogP contribution in [-0.2, 0) is 20.8 Å². The molecule has 0 fully saturated rings. The number of benzene rings is 2. The van der Waals surface area contributed by atoms with Crippen LogP contribution in [0.3, 0.4) is 0 Å². The van der Waals surface area contributed by atoms with Crippen molar-refractivity contribution >= 4 is 42.6 Å². The number of phenols is 2. The Morgan fingerprint density at radius 2 is 0.812 bits per heavy atom. The van der Waals surface area contributed by atoms with E-state index in [9.17, 15) is 10.2 Å². The summed E-state index contributed by atoms with van der Waals surface area (Å²) in [5.74, 6) is 0.478. The fraction of sp³-hybridized carbons (Fsp3) is 0. The second-order valence-corrected chi connectivity index (χ2v) is 7.39. The first kappa shape index (κ1) is 26.6. The summed E-state index contributed by atoms with van der Waals surface area (Å²) < 4.78 is 63.2. The van der Waals surface area contributed by atoms with Gasteiger partial charge in [0.25, 0.3) is 0 Å². The Labute approximate surface area is 182 Å². The molecule has 172 valence electrons. The number of hydrogen-bond acceptors (Lipinski definition) is 8. The van der Waals surface area contributed by atoms with Crippen molar-refractivity contribution in [2.45, 2.75) is 0 Å². The number of pyridine rings is 2. The summed E-state index contributed by atoms with van der Waals surface area (Å²) in [5, 5.41) is 20.5. The fourth-order valence-electron chi connectivity index (χ4n) is 2.18. The van der Waals surface area contributed by atoms with Crippen molar-refractivity contribution in [1.82, 2.24) is 9.97 Å². The molecule has 4 rings (SSSR count). The zero-order chi connectivity index (χ0) is 24.4. The van der Waals surface area contributed by atoms with Crippen LogP contribution >= 0.6 is 0 Å². The van der Waals surface area contributed by atoms with Gasteiger partial charge in [0.1, 0.15) is 22.5 Å². The third-order valence-corrected chi connectivity index (χ3v) is 3.22. The molecule has 2 aromatic carbocycles. The maximum Gasteiger partial charge on any atom is 0.394 e. The highest BCUT2D eigenvalue weighted by molar-refractivity contribution is 7.80. The van der Waals surface area contributed by atoms with E-state index in [1.165, 1.54) is 0 Å². The van der Waals surface area contributed by atoms with Crippen molar-refractivity contribution in [3.63, 3.8) is 0 Å². The van der Waals surface area contributed by atoms with Gasteiger partial charge < -0.3 is 10.2 Å². The summed E-state index contributed by atoms with van der Waals surface area (Å²) in [5.41, 5.74) is 1.32. The minimum atomic E-state index is -4.67. The first-order valence-electron chi connectivity index (χ1n) is 8.21. The highest BCUT2D eigenvalue weighted by Gasteiger charge is 1.97. The molecule has 12 nitrogen and oxygen atoms in total. The van der Waals surface area contributed by atoms with E-state index in [-0.39, 0.29) is 11.5 Å². The molecule has 6 N–H and O–H groups in total. The van der Waals surface area contributed by atoms with Crippen LogP contribution in [0.25, 0.3) is 21.8 Å². The van der Waals surface area contributed by atoms with Crippen LogP contribution in [0.15, 0.2) is 73.1 Å². The number of hydrogen-bond donors (Lipinski definition) is 6. The van der Waals surface area contributed by atoms with Gasteiger partial charge in [-0.25, -0.2) is 0 Å². The Hall–Kier alpha value is -3.40. The van der Waals surface area contributed by atoms with Crippen LogP contribution in [0.1, 0.15) is 0 Å². The number of fused-ring (bicyclic) bond motifs is 2. The van der Waals surface area contributed by atoms with Gasteiger partial charge in [0.05, 0.1) is 0 Å². The van der Waals surface area contributed by atoms with Crippen molar-refractivity contribution in [2.75, 3.05) is 0 Å². The molecular weight excluding hydrogens is 468 g/mol. The summed E-state index contributed by atoms with van der Waals surface area (Å²) in [6.45, 7) is 0. The quantitative estimate of drug-likeness (QED) is 0.198. The highest BCUT2D eigenvalue weighted by Crippen LogP contribution is 2.21. The van der Waals surface area contributed by atoms with Crippen LogP contribution in [0.4, 0.5) is 0 Å². The maximum absolute atomic E-state index is 9.31. The van der Waals surface area contributed by atoms with E-state index in [0.717, 1.165) is 10.8 Å². The minimum Gasteiger partial charge on any atom is -0.506 e. The zero-order valence-electron chi connectivity index (χ0n) is 16.0. The Morgan fingerprint density at radius 1 is 0.531 bits per heavy atom. The van der Waals surface area contributed by atoms with Crippen molar-refractivity contribution < 1.29 is 45.3 Å². The van der Waals surface area contributed by atoms with Gasteiger partial charge in [-0.05, 0) is 24.3 Å². The van der Waals surface area contributed by atoms with Crippen LogP contribution in [0.5, 0.6) is 11.5 Å². The summed E-state index contributed by atoms with van der Waals surface area (Å²) in [4.78, 5) is 8.06. The van der Waals surface area contributed by atoms with Gasteiger partial charge in [0.15, 0.2) is 0 Å². The molecule has 0 bridgehead atoms. The number of aromatic nitrogens is 2. The average Bonchev–Trinajstić information content (AvgIpc) is 2.67. The van der Waals surface area contributed by atoms with Crippen LogP contribution in [0.2, 0.25) is 0 Å². The number of nitrogens with zero attached hydrogens (tertiary/aromatic N) is 2. The minimum absolute atomic E-state index is 0.239. The van der Waals surface area contributed by atoms with Crippen LogP contribution in [-0.4, -0.2) is 55.2 Å². The monoisotopic (exact) mass is 486 g/mol. The molecule has 0 aliphatic rings. The molecular formula is C18H18N2O10S2. The second-order valence-electron chi connectivity index (χ2n) is 5.60. The van der Waals surface area contributed by atoms with Gasteiger partial charge in [0, 0.05) is 23.2 Å². The molecule has 0 unspecified atom stereocenters. The Bertz CT molecular complexity index is 1240. The van der Waals surface area contributed by atoms with E-state index in [2.05, 4.69) is 9.97 Å². The number of para-hydroxylation sites is 2. The largest absolute Gasteiger partial charge is 0.506 e. The second kappa shape index (κ2) is 11.8. The summed E-state index contributed by atoms with van der Waals surface area (Å²) in [6.07, 6.45) is 3.34. The van der Waals surface area contributed by atoms with E-state index >= 15 is 0 Å². The molecule has 0 saturated carbocycles. The van der Waals surface area contributed by atoms with Crippen LogP contribution < -0.4 is 0 Å². The third kappa shape index (κ3) is 11.7. The third-order valence-electron chi connectivity index (χ3n) is 3.22. The molecule has 0 aliphatic heterocycles. The summed E-state index contributed by atoms with van der Waals surface area (Å²) in [7, 11) is -9.33. The SMILES string of the molecule is O=S(=O)(O)O.O=S(=O)(O)O.Oc1cccc2cccnc12.Oc1cccc2cccnc12. The predicted octanol–water partition coefficient (Wildman–Crippen LogP) is 2.58. The molecule has 2 heterocycles. The lowest BCUT2D eigenvalue weighted by molar-refractivity contribution is 0.378. The molecule has 0 radical (unpaired) electrons. The van der Waals surface area contributed by atoms with Crippen LogP contribution in [0, 0.1) is 0 Å². The molecule has 14 heteroatoms. The number of rotatable bonds is 0. The number of aromatic hydroxyl groups is 2. The average molecular weight is 486 g/mol. The Balaban J connectivity index is 0.000000230. The normalized spacial score (nSPS) is 10.6. The first-order valence-corrected chi connectivity index (χ1v) is 11.0. The van der Waals surface area contributed by atoms with Crippen molar-refractivity contribution in [3.8, 4) is 11.5 Å². The lowest BCUT2D eigenvalue weighted by Gasteiger charge is -1.96. The molecule has 0 aliphatic carbocycles. The van der Waals surface area contributed by atoms with Gasteiger partial charge >= 0.3 is 20.8 Å². The van der Waals surface area contributed by atoms with Gasteiger partial charge in [-0.15, -0.1) is 0 Å². The van der Waals surface area contributed by atoms with E-state index in [1.807, 2.05) is 36.4 Å². The molecule has 0 spiro atoms. The topological polar surface area (TPSA) is 215 Å². The van der Waals surface area contributed by atoms with Gasteiger partial charge in [-0.2, -0.15) is 16.8 Å². The first-order chi connectivity index (χ1) is 14.8. The summed E-state index contributed by atoms with van der Waals surface area (Å²) >= 11 is 0. The molecule has 32 heavy (non-hydrogen) atoms. The predicted molar refractivity (Wildman–Crippen MR) is 115 cm³/mol. The highest BCUT2D eigenvalue weighted by atomic mass is 32.3. The van der Waals surface area contributed by atoms with Gasteiger partial charge in [0.2, 0.25) is 0 Å². The standard InChI is InChI=1S/2C9H7NO.2H2O4S/c2*11-8-5-1-3-7-4-2-6-10-9(7)8;2*1-5(2,3)4/h2*1-6,11H;2*(H2,1,2,3,4). The zero-order valence-corrected chi connectivity index (χ0v) is 17.6. The van der Waals surface area contributed by atoms with E-state index in [4.69, 9.17) is 35.0 Å². The Kier molecular flexibility index (Phi) is 9.86. The molecule has 0 amide bonds. The van der Waals surface area contributed by atoms with Crippen molar-refractivity contribution in [2.24, 2.45) is 0 Å². The fourth-order valence-corrected chi connectivity index (χ4v) is 2.18. The number of phenolic OH excluding ortho intramolecular Hbond substituents is 2. The van der Waals surface area contributed by atoms with Crippen molar-refractivity contribution in [1.29, 1.82) is 0 Å². The Morgan fingerprint density at radius 3 is 1.09 bits per heavy atom. The van der Waals surface area contributed by atoms with Gasteiger partial charge in [-0.3, -0.25) is 28.2 Å². The molecule has 4 aromatic rings. The van der Waals surface area contributed by atoms with Crippen molar-refractivity contribution in [3.05, 3.63) is 73.1 Å². The maximum atomic E-state index is 9.31. The van der Waals surface area contributed by atoms with Gasteiger partial charge in [-0.1, -0.05) is 36.4 Å². The molecule has 0 saturated heterocycles. The van der Waals surface area contributed by atoms with E-state index in [0.29, 0.717) is 11.0 Å². The lowest BCUT2D eigenvalue weighted by atomic mass is 10.2. The molecule has 0 atom stereocenters.